The molecule has 0 aliphatic carbocycles. The van der Waals surface area contributed by atoms with E-state index in [9.17, 15) is 4.79 Å². The third-order valence-electron chi connectivity index (χ3n) is 4.30. The molecule has 0 bridgehead atoms. The van der Waals surface area contributed by atoms with E-state index in [0.29, 0.717) is 6.54 Å². The number of nitrogens with one attached hydrogen (secondary N) is 1. The maximum atomic E-state index is 12.3. The second-order valence-electron chi connectivity index (χ2n) is 6.11. The molecule has 0 radical (unpaired) electrons. The Morgan fingerprint density at radius 3 is 2.46 bits per heavy atom. The molecule has 1 fully saturated rings. The molecule has 1 heterocycles. The van der Waals surface area contributed by atoms with Gasteiger partial charge in [-0.15, -0.1) is 0 Å². The first kappa shape index (κ1) is 17.0. The molecule has 1 saturated heterocycles. The van der Waals surface area contributed by atoms with Crippen molar-refractivity contribution in [3.05, 3.63) is 58.6 Å². The van der Waals surface area contributed by atoms with Crippen molar-refractivity contribution >= 4 is 33.2 Å². The van der Waals surface area contributed by atoms with Crippen LogP contribution in [-0.4, -0.2) is 43.5 Å². The summed E-state index contributed by atoms with van der Waals surface area (Å²) in [5.74, 6) is 0.0462. The van der Waals surface area contributed by atoms with Gasteiger partial charge in [-0.2, -0.15) is 0 Å². The normalized spacial score (nSPS) is 15.3. The minimum Gasteiger partial charge on any atom is -0.369 e. The van der Waals surface area contributed by atoms with Gasteiger partial charge in [-0.3, -0.25) is 9.69 Å². The van der Waals surface area contributed by atoms with E-state index in [2.05, 4.69) is 55.3 Å². The lowest BCUT2D eigenvalue weighted by molar-refractivity contribution is -0.117. The Morgan fingerprint density at radius 1 is 1.08 bits per heavy atom. The summed E-state index contributed by atoms with van der Waals surface area (Å²) in [6.45, 7) is 6.17. The Bertz CT molecular complexity index is 697. The lowest BCUT2D eigenvalue weighted by Crippen LogP contribution is -2.48. The van der Waals surface area contributed by atoms with Gasteiger partial charge in [0.25, 0.3) is 0 Å². The van der Waals surface area contributed by atoms with Gasteiger partial charge in [0.1, 0.15) is 0 Å². The summed E-state index contributed by atoms with van der Waals surface area (Å²) in [5.41, 5.74) is 3.22. The molecule has 0 spiro atoms. The summed E-state index contributed by atoms with van der Waals surface area (Å²) in [7, 11) is 0. The van der Waals surface area contributed by atoms with Crippen LogP contribution in [0.5, 0.6) is 0 Å². The Balaban J connectivity index is 1.49. The van der Waals surface area contributed by atoms with Gasteiger partial charge in [0.05, 0.1) is 6.54 Å². The van der Waals surface area contributed by atoms with Gasteiger partial charge >= 0.3 is 0 Å². The number of carbonyl (C=O) groups excluding carboxylic acids is 1. The second-order valence-corrected chi connectivity index (χ2v) is 6.97. The first-order chi connectivity index (χ1) is 11.6. The third-order valence-corrected chi connectivity index (χ3v) is 5.19. The largest absolute Gasteiger partial charge is 0.369 e. The van der Waals surface area contributed by atoms with Crippen LogP contribution in [-0.2, 0) is 4.79 Å². The number of para-hydroxylation sites is 1. The average Bonchev–Trinajstić information content (AvgIpc) is 2.59. The molecule has 1 aliphatic rings. The van der Waals surface area contributed by atoms with Crippen LogP contribution in [0.15, 0.2) is 53.0 Å². The van der Waals surface area contributed by atoms with Crippen LogP contribution in [0.25, 0.3) is 0 Å². The quantitative estimate of drug-likeness (QED) is 0.871. The molecule has 1 aliphatic heterocycles. The van der Waals surface area contributed by atoms with Gasteiger partial charge in [0, 0.05) is 42.0 Å². The Morgan fingerprint density at radius 2 is 1.79 bits per heavy atom. The van der Waals surface area contributed by atoms with E-state index >= 15 is 0 Å². The van der Waals surface area contributed by atoms with Crippen LogP contribution < -0.4 is 10.2 Å². The molecule has 0 atom stereocenters. The molecule has 2 aromatic rings. The number of aryl methyl sites for hydroxylation is 1. The fraction of sp³-hybridized carbons (Fsp3) is 0.316. The lowest BCUT2D eigenvalue weighted by atomic mass is 10.2. The van der Waals surface area contributed by atoms with E-state index < -0.39 is 0 Å². The summed E-state index contributed by atoms with van der Waals surface area (Å²) in [5, 5.41) is 2.99. The number of anilines is 2. The summed E-state index contributed by atoms with van der Waals surface area (Å²) >= 11 is 3.47. The molecule has 1 amide bonds. The SMILES string of the molecule is Cc1cc(NC(=O)CN2CCN(c3ccccc3)CC2)ccc1Br. The van der Waals surface area contributed by atoms with Crippen LogP contribution in [0.3, 0.4) is 0 Å². The summed E-state index contributed by atoms with van der Waals surface area (Å²) in [6, 6.07) is 16.3. The molecule has 4 nitrogen and oxygen atoms in total. The first-order valence-electron chi connectivity index (χ1n) is 8.20. The van der Waals surface area contributed by atoms with Crippen molar-refractivity contribution in [2.75, 3.05) is 42.9 Å². The fourth-order valence-electron chi connectivity index (χ4n) is 2.93. The molecule has 3 rings (SSSR count). The van der Waals surface area contributed by atoms with Crippen LogP contribution in [0, 0.1) is 6.92 Å². The highest BCUT2D eigenvalue weighted by molar-refractivity contribution is 9.10. The van der Waals surface area contributed by atoms with Crippen molar-refractivity contribution in [3.8, 4) is 0 Å². The minimum absolute atomic E-state index is 0.0462. The number of amides is 1. The Labute approximate surface area is 151 Å². The highest BCUT2D eigenvalue weighted by Gasteiger charge is 2.19. The molecule has 5 heteroatoms. The number of piperazine rings is 1. The molecule has 24 heavy (non-hydrogen) atoms. The Hall–Kier alpha value is -1.85. The molecule has 126 valence electrons. The monoisotopic (exact) mass is 387 g/mol. The van der Waals surface area contributed by atoms with E-state index in [1.807, 2.05) is 31.2 Å². The van der Waals surface area contributed by atoms with E-state index in [1.165, 1.54) is 5.69 Å². The summed E-state index contributed by atoms with van der Waals surface area (Å²) in [4.78, 5) is 16.8. The van der Waals surface area contributed by atoms with Gasteiger partial charge in [-0.05, 0) is 42.8 Å². The summed E-state index contributed by atoms with van der Waals surface area (Å²) < 4.78 is 1.05. The molecule has 1 N–H and O–H groups in total. The number of nitrogens with zero attached hydrogens (tertiary/aromatic N) is 2. The number of halogens is 1. The van der Waals surface area contributed by atoms with Crippen LogP contribution in [0.1, 0.15) is 5.56 Å². The van der Waals surface area contributed by atoms with Gasteiger partial charge < -0.3 is 10.2 Å². The van der Waals surface area contributed by atoms with Gasteiger partial charge in [0.15, 0.2) is 0 Å². The van der Waals surface area contributed by atoms with E-state index in [1.54, 1.807) is 0 Å². The number of hydrogen-bond donors (Lipinski definition) is 1. The standard InChI is InChI=1S/C19H22BrN3O/c1-15-13-16(7-8-18(15)20)21-19(24)14-22-9-11-23(12-10-22)17-5-3-2-4-6-17/h2-8,13H,9-12,14H2,1H3,(H,21,24). The molecular weight excluding hydrogens is 366 g/mol. The number of rotatable bonds is 4. The highest BCUT2D eigenvalue weighted by Crippen LogP contribution is 2.20. The van der Waals surface area contributed by atoms with Crippen LogP contribution in [0.2, 0.25) is 0 Å². The maximum Gasteiger partial charge on any atom is 0.238 e. The average molecular weight is 388 g/mol. The van der Waals surface area contributed by atoms with Crippen molar-refractivity contribution in [2.24, 2.45) is 0 Å². The zero-order valence-electron chi connectivity index (χ0n) is 13.8. The Kier molecular flexibility index (Phi) is 5.53. The number of benzene rings is 2. The van der Waals surface area contributed by atoms with E-state index in [0.717, 1.165) is 41.9 Å². The molecule has 0 saturated carbocycles. The highest BCUT2D eigenvalue weighted by atomic mass is 79.9. The minimum atomic E-state index is 0.0462. The predicted octanol–water partition coefficient (Wildman–Crippen LogP) is 3.52. The van der Waals surface area contributed by atoms with Crippen LogP contribution in [0.4, 0.5) is 11.4 Å². The molecule has 2 aromatic carbocycles. The first-order valence-corrected chi connectivity index (χ1v) is 8.99. The molecule has 0 unspecified atom stereocenters. The molecule has 0 aromatic heterocycles. The third kappa shape index (κ3) is 4.36. The smallest absolute Gasteiger partial charge is 0.238 e. The maximum absolute atomic E-state index is 12.3. The van der Waals surface area contributed by atoms with Crippen molar-refractivity contribution in [1.82, 2.24) is 4.90 Å². The zero-order valence-corrected chi connectivity index (χ0v) is 15.4. The van der Waals surface area contributed by atoms with Crippen molar-refractivity contribution in [1.29, 1.82) is 0 Å². The fourth-order valence-corrected chi connectivity index (χ4v) is 3.18. The summed E-state index contributed by atoms with van der Waals surface area (Å²) in [6.07, 6.45) is 0. The van der Waals surface area contributed by atoms with Crippen molar-refractivity contribution in [3.63, 3.8) is 0 Å². The number of carbonyl (C=O) groups is 1. The van der Waals surface area contributed by atoms with Gasteiger partial charge in [-0.25, -0.2) is 0 Å². The van der Waals surface area contributed by atoms with E-state index in [-0.39, 0.29) is 5.91 Å². The van der Waals surface area contributed by atoms with Gasteiger partial charge in [0.2, 0.25) is 5.91 Å². The van der Waals surface area contributed by atoms with Crippen molar-refractivity contribution < 1.29 is 4.79 Å². The predicted molar refractivity (Wildman–Crippen MR) is 103 cm³/mol. The second kappa shape index (κ2) is 7.81. The van der Waals surface area contributed by atoms with Gasteiger partial charge in [-0.1, -0.05) is 34.1 Å². The van der Waals surface area contributed by atoms with Crippen molar-refractivity contribution in [2.45, 2.75) is 6.92 Å². The number of hydrogen-bond acceptors (Lipinski definition) is 3. The lowest BCUT2D eigenvalue weighted by Gasteiger charge is -2.35. The van der Waals surface area contributed by atoms with E-state index in [4.69, 9.17) is 0 Å². The van der Waals surface area contributed by atoms with Crippen LogP contribution >= 0.6 is 15.9 Å². The topological polar surface area (TPSA) is 35.6 Å². The zero-order chi connectivity index (χ0) is 16.9. The molecular formula is C19H22BrN3O.